The minimum Gasteiger partial charge on any atom is -0.342 e. The molecule has 4 heteroatoms. The lowest BCUT2D eigenvalue weighted by molar-refractivity contribution is -0.134. The van der Waals surface area contributed by atoms with Gasteiger partial charge in [0, 0.05) is 38.6 Å². The molecule has 2 rings (SSSR count). The highest BCUT2D eigenvalue weighted by atomic mass is 16.2. The summed E-state index contributed by atoms with van der Waals surface area (Å²) in [5.41, 5.74) is 7.31. The summed E-state index contributed by atoms with van der Waals surface area (Å²) in [5.74, 6) is 0.749. The lowest BCUT2D eigenvalue weighted by atomic mass is 9.92. The van der Waals surface area contributed by atoms with Crippen LogP contribution < -0.4 is 5.73 Å². The van der Waals surface area contributed by atoms with E-state index < -0.39 is 0 Å². The van der Waals surface area contributed by atoms with Crippen LogP contribution in [-0.2, 0) is 4.79 Å². The number of rotatable bonds is 6. The highest BCUT2D eigenvalue weighted by Crippen LogP contribution is 2.23. The Morgan fingerprint density at radius 2 is 2.09 bits per heavy atom. The molecule has 1 saturated heterocycles. The van der Waals surface area contributed by atoms with Crippen molar-refractivity contribution in [3.63, 3.8) is 0 Å². The topological polar surface area (TPSA) is 49.6 Å². The van der Waals surface area contributed by atoms with Crippen LogP contribution in [0.15, 0.2) is 30.3 Å². The fourth-order valence-corrected chi connectivity index (χ4v) is 3.59. The molecule has 0 spiro atoms. The van der Waals surface area contributed by atoms with Gasteiger partial charge in [0.1, 0.15) is 0 Å². The number of hydrogen-bond acceptors (Lipinski definition) is 3. The lowest BCUT2D eigenvalue weighted by Crippen LogP contribution is -2.50. The molecule has 1 aliphatic rings. The van der Waals surface area contributed by atoms with Crippen molar-refractivity contribution in [2.24, 2.45) is 11.7 Å². The highest BCUT2D eigenvalue weighted by molar-refractivity contribution is 5.76. The standard InChI is InChI=1S/C19H31N3O/c1-4-22-13-12-18(15(2)14-22)21(3)19(23)11-10-17(20)16-8-6-5-7-9-16/h5-9,15,17-18H,4,10-14,20H2,1-3H3/t15-,17-,18-/m0/s1. The number of carbonyl (C=O) groups is 1. The number of nitrogens with two attached hydrogens (primary N) is 1. The molecule has 0 saturated carbocycles. The Labute approximate surface area is 140 Å². The smallest absolute Gasteiger partial charge is 0.222 e. The van der Waals surface area contributed by atoms with Crippen molar-refractivity contribution < 1.29 is 4.79 Å². The minimum absolute atomic E-state index is 0.0621. The number of hydrogen-bond donors (Lipinski definition) is 1. The van der Waals surface area contributed by atoms with Gasteiger partial charge in [0.15, 0.2) is 0 Å². The first kappa shape index (κ1) is 18.0. The summed E-state index contributed by atoms with van der Waals surface area (Å²) in [6.45, 7) is 7.73. The van der Waals surface area contributed by atoms with Crippen molar-refractivity contribution in [1.29, 1.82) is 0 Å². The second kappa shape index (κ2) is 8.46. The molecule has 0 aromatic heterocycles. The van der Waals surface area contributed by atoms with Gasteiger partial charge >= 0.3 is 0 Å². The van der Waals surface area contributed by atoms with Gasteiger partial charge in [-0.3, -0.25) is 4.79 Å². The van der Waals surface area contributed by atoms with E-state index in [0.717, 1.165) is 31.6 Å². The number of nitrogens with zero attached hydrogens (tertiary/aromatic N) is 2. The zero-order valence-electron chi connectivity index (χ0n) is 14.7. The third-order valence-electron chi connectivity index (χ3n) is 5.18. The second-order valence-electron chi connectivity index (χ2n) is 6.79. The molecule has 2 N–H and O–H groups in total. The molecular weight excluding hydrogens is 286 g/mol. The van der Waals surface area contributed by atoms with E-state index in [-0.39, 0.29) is 11.9 Å². The highest BCUT2D eigenvalue weighted by Gasteiger charge is 2.30. The van der Waals surface area contributed by atoms with Crippen LogP contribution in [0, 0.1) is 5.92 Å². The molecule has 128 valence electrons. The van der Waals surface area contributed by atoms with Crippen LogP contribution in [0.1, 0.15) is 44.7 Å². The number of carbonyl (C=O) groups excluding carboxylic acids is 1. The zero-order chi connectivity index (χ0) is 16.8. The van der Waals surface area contributed by atoms with Crippen LogP contribution >= 0.6 is 0 Å². The summed E-state index contributed by atoms with van der Waals surface area (Å²) < 4.78 is 0. The third kappa shape index (κ3) is 4.79. The van der Waals surface area contributed by atoms with Gasteiger partial charge in [-0.05, 0) is 30.9 Å². The normalized spacial score (nSPS) is 23.5. The van der Waals surface area contributed by atoms with Gasteiger partial charge in [-0.1, -0.05) is 44.2 Å². The molecule has 23 heavy (non-hydrogen) atoms. The van der Waals surface area contributed by atoms with Crippen LogP contribution in [-0.4, -0.2) is 48.4 Å². The van der Waals surface area contributed by atoms with Crippen molar-refractivity contribution in [2.75, 3.05) is 26.7 Å². The van der Waals surface area contributed by atoms with Crippen molar-refractivity contribution in [2.45, 2.75) is 45.2 Å². The van der Waals surface area contributed by atoms with Crippen LogP contribution in [0.25, 0.3) is 0 Å². The Bertz CT molecular complexity index is 491. The van der Waals surface area contributed by atoms with E-state index in [0.29, 0.717) is 24.8 Å². The first-order valence-corrected chi connectivity index (χ1v) is 8.81. The predicted octanol–water partition coefficient (Wildman–Crippen LogP) is 2.66. The predicted molar refractivity (Wildman–Crippen MR) is 95.1 cm³/mol. The Morgan fingerprint density at radius 1 is 1.39 bits per heavy atom. The van der Waals surface area contributed by atoms with Crippen molar-refractivity contribution in [3.8, 4) is 0 Å². The molecule has 1 aromatic rings. The van der Waals surface area contributed by atoms with Crippen molar-refractivity contribution >= 4 is 5.91 Å². The average molecular weight is 317 g/mol. The third-order valence-corrected chi connectivity index (χ3v) is 5.18. The summed E-state index contributed by atoms with van der Waals surface area (Å²) in [5, 5.41) is 0. The number of benzene rings is 1. The molecule has 0 bridgehead atoms. The molecule has 3 atom stereocenters. The SMILES string of the molecule is CCN1CC[C@H](N(C)C(=O)CC[C@H](N)c2ccccc2)[C@@H](C)C1. The van der Waals surface area contributed by atoms with Crippen molar-refractivity contribution in [1.82, 2.24) is 9.80 Å². The lowest BCUT2D eigenvalue weighted by Gasteiger charge is -2.41. The van der Waals surface area contributed by atoms with E-state index in [1.807, 2.05) is 42.3 Å². The number of piperidine rings is 1. The van der Waals surface area contributed by atoms with Gasteiger partial charge in [-0.25, -0.2) is 0 Å². The minimum atomic E-state index is -0.0621. The number of likely N-dealkylation sites (tertiary alicyclic amines) is 1. The molecule has 1 aromatic carbocycles. The van der Waals surface area contributed by atoms with E-state index in [1.54, 1.807) is 0 Å². The molecular formula is C19H31N3O. The molecule has 1 aliphatic heterocycles. The Kier molecular flexibility index (Phi) is 6.60. The summed E-state index contributed by atoms with van der Waals surface area (Å²) in [7, 11) is 1.96. The zero-order valence-corrected chi connectivity index (χ0v) is 14.7. The molecule has 1 fully saturated rings. The van der Waals surface area contributed by atoms with Gasteiger partial charge in [0.25, 0.3) is 0 Å². The molecule has 0 aliphatic carbocycles. The van der Waals surface area contributed by atoms with Crippen LogP contribution in [0.2, 0.25) is 0 Å². The fourth-order valence-electron chi connectivity index (χ4n) is 3.59. The Morgan fingerprint density at radius 3 is 2.70 bits per heavy atom. The second-order valence-corrected chi connectivity index (χ2v) is 6.79. The first-order valence-electron chi connectivity index (χ1n) is 8.81. The monoisotopic (exact) mass is 317 g/mol. The van der Waals surface area contributed by atoms with Gasteiger partial charge in [-0.2, -0.15) is 0 Å². The van der Waals surface area contributed by atoms with Crippen LogP contribution in [0.3, 0.4) is 0 Å². The Hall–Kier alpha value is -1.39. The van der Waals surface area contributed by atoms with Gasteiger partial charge in [-0.15, -0.1) is 0 Å². The molecule has 0 radical (unpaired) electrons. The van der Waals surface area contributed by atoms with Gasteiger partial charge in [0.05, 0.1) is 0 Å². The quantitative estimate of drug-likeness (QED) is 0.877. The summed E-state index contributed by atoms with van der Waals surface area (Å²) in [6.07, 6.45) is 2.30. The van der Waals surface area contributed by atoms with Crippen LogP contribution in [0.4, 0.5) is 0 Å². The van der Waals surface area contributed by atoms with E-state index >= 15 is 0 Å². The summed E-state index contributed by atoms with van der Waals surface area (Å²) >= 11 is 0. The maximum atomic E-state index is 12.5. The maximum Gasteiger partial charge on any atom is 0.222 e. The van der Waals surface area contributed by atoms with E-state index in [4.69, 9.17) is 5.73 Å². The average Bonchev–Trinajstić information content (AvgIpc) is 2.59. The van der Waals surface area contributed by atoms with E-state index in [2.05, 4.69) is 18.7 Å². The molecule has 4 nitrogen and oxygen atoms in total. The largest absolute Gasteiger partial charge is 0.342 e. The van der Waals surface area contributed by atoms with Crippen LogP contribution in [0.5, 0.6) is 0 Å². The summed E-state index contributed by atoms with van der Waals surface area (Å²) in [4.78, 5) is 17.0. The number of amides is 1. The summed E-state index contributed by atoms with van der Waals surface area (Å²) in [6, 6.07) is 10.3. The van der Waals surface area contributed by atoms with Crippen molar-refractivity contribution in [3.05, 3.63) is 35.9 Å². The maximum absolute atomic E-state index is 12.5. The Balaban J connectivity index is 1.83. The fraction of sp³-hybridized carbons (Fsp3) is 0.632. The van der Waals surface area contributed by atoms with Gasteiger partial charge in [0.2, 0.25) is 5.91 Å². The van der Waals surface area contributed by atoms with E-state index in [9.17, 15) is 4.79 Å². The van der Waals surface area contributed by atoms with E-state index in [1.165, 1.54) is 0 Å². The molecule has 0 unspecified atom stereocenters. The van der Waals surface area contributed by atoms with Gasteiger partial charge < -0.3 is 15.5 Å². The molecule has 1 heterocycles. The first-order chi connectivity index (χ1) is 11.0. The molecule has 1 amide bonds.